The molecular formula is C16H19BrO2S. The number of halogens is 1. The van der Waals surface area contributed by atoms with Crippen molar-refractivity contribution in [3.05, 3.63) is 50.1 Å². The minimum absolute atomic E-state index is 0.104. The van der Waals surface area contributed by atoms with Gasteiger partial charge in [0.15, 0.2) is 0 Å². The summed E-state index contributed by atoms with van der Waals surface area (Å²) in [5.74, 6) is 0.692. The van der Waals surface area contributed by atoms with Gasteiger partial charge >= 0.3 is 0 Å². The Morgan fingerprint density at radius 3 is 2.45 bits per heavy atom. The van der Waals surface area contributed by atoms with Crippen molar-refractivity contribution in [3.63, 3.8) is 0 Å². The van der Waals surface area contributed by atoms with Gasteiger partial charge in [-0.3, -0.25) is 0 Å². The normalized spacial score (nSPS) is 13.3. The summed E-state index contributed by atoms with van der Waals surface area (Å²) in [6.45, 7) is 6.53. The Morgan fingerprint density at radius 1 is 1.20 bits per heavy atom. The van der Waals surface area contributed by atoms with E-state index in [-0.39, 0.29) is 5.41 Å². The summed E-state index contributed by atoms with van der Waals surface area (Å²) in [6.07, 6.45) is -0.654. The quantitative estimate of drug-likeness (QED) is 0.849. The molecule has 0 aliphatic heterocycles. The molecule has 1 atom stereocenters. The summed E-state index contributed by atoms with van der Waals surface area (Å²) in [4.78, 5) is 2.21. The van der Waals surface area contributed by atoms with Crippen LogP contribution in [0.1, 0.15) is 42.2 Å². The average Bonchev–Trinajstić information content (AvgIpc) is 2.87. The molecule has 1 aromatic carbocycles. The number of aliphatic hydroxyl groups excluding tert-OH is 1. The zero-order chi connectivity index (χ0) is 14.9. The van der Waals surface area contributed by atoms with Gasteiger partial charge in [-0.05, 0) is 29.7 Å². The van der Waals surface area contributed by atoms with Crippen LogP contribution < -0.4 is 4.74 Å². The van der Waals surface area contributed by atoms with Gasteiger partial charge in [0.2, 0.25) is 0 Å². The molecule has 1 aromatic heterocycles. The number of methoxy groups -OCH3 is 1. The van der Waals surface area contributed by atoms with E-state index in [9.17, 15) is 5.11 Å². The van der Waals surface area contributed by atoms with E-state index >= 15 is 0 Å². The van der Waals surface area contributed by atoms with E-state index in [1.807, 2.05) is 24.3 Å². The summed E-state index contributed by atoms with van der Waals surface area (Å²) in [7, 11) is 1.62. The monoisotopic (exact) mass is 354 g/mol. The van der Waals surface area contributed by atoms with Crippen molar-refractivity contribution in [1.82, 2.24) is 0 Å². The number of aliphatic hydroxyl groups is 1. The summed E-state index contributed by atoms with van der Waals surface area (Å²) in [5, 5.41) is 10.6. The molecule has 108 valence electrons. The highest BCUT2D eigenvalue weighted by Crippen LogP contribution is 2.37. The van der Waals surface area contributed by atoms with Crippen LogP contribution in [0.25, 0.3) is 0 Å². The summed E-state index contributed by atoms with van der Waals surface area (Å²) < 4.78 is 6.29. The third-order valence-electron chi connectivity index (χ3n) is 3.13. The van der Waals surface area contributed by atoms with Gasteiger partial charge in [-0.1, -0.05) is 42.8 Å². The van der Waals surface area contributed by atoms with Crippen molar-refractivity contribution in [2.45, 2.75) is 32.3 Å². The molecule has 0 amide bonds. The number of ether oxygens (including phenoxy) is 1. The van der Waals surface area contributed by atoms with Crippen molar-refractivity contribution in [2.24, 2.45) is 0 Å². The summed E-state index contributed by atoms with van der Waals surface area (Å²) in [5.41, 5.74) is 0.893. The Labute approximate surface area is 132 Å². The first-order chi connectivity index (χ1) is 9.32. The molecular weight excluding hydrogens is 336 g/mol. The number of thiophene rings is 1. The molecule has 0 bridgehead atoms. The van der Waals surface area contributed by atoms with Gasteiger partial charge < -0.3 is 9.84 Å². The van der Waals surface area contributed by atoms with Gasteiger partial charge in [0, 0.05) is 19.8 Å². The maximum atomic E-state index is 10.6. The van der Waals surface area contributed by atoms with E-state index in [0.717, 1.165) is 14.9 Å². The lowest BCUT2D eigenvalue weighted by atomic mass is 9.95. The van der Waals surface area contributed by atoms with E-state index in [4.69, 9.17) is 4.74 Å². The lowest BCUT2D eigenvalue weighted by Crippen LogP contribution is -2.07. The largest absolute Gasteiger partial charge is 0.496 e. The van der Waals surface area contributed by atoms with Crippen molar-refractivity contribution in [2.75, 3.05) is 7.11 Å². The van der Waals surface area contributed by atoms with E-state index in [0.29, 0.717) is 5.75 Å². The van der Waals surface area contributed by atoms with Gasteiger partial charge in [-0.15, -0.1) is 11.3 Å². The number of hydrogen-bond acceptors (Lipinski definition) is 3. The molecule has 0 fully saturated rings. The van der Waals surface area contributed by atoms with Crippen molar-refractivity contribution >= 4 is 27.3 Å². The number of hydrogen-bond donors (Lipinski definition) is 1. The fourth-order valence-corrected chi connectivity index (χ4v) is 3.38. The molecule has 0 saturated carbocycles. The van der Waals surface area contributed by atoms with E-state index in [2.05, 4.69) is 42.8 Å². The third kappa shape index (κ3) is 3.25. The highest BCUT2D eigenvalue weighted by Gasteiger charge is 2.21. The lowest BCUT2D eigenvalue weighted by molar-refractivity contribution is 0.218. The second-order valence-electron chi connectivity index (χ2n) is 5.74. The molecule has 1 N–H and O–H groups in total. The average molecular weight is 355 g/mol. The first kappa shape index (κ1) is 15.5. The maximum absolute atomic E-state index is 10.6. The zero-order valence-electron chi connectivity index (χ0n) is 12.1. The van der Waals surface area contributed by atoms with Crippen molar-refractivity contribution in [1.29, 1.82) is 0 Å². The SMILES string of the molecule is COc1cc(Br)ccc1C(O)c1ccc(C(C)(C)C)s1. The topological polar surface area (TPSA) is 29.5 Å². The molecule has 0 radical (unpaired) electrons. The van der Waals surface area contributed by atoms with Crippen LogP contribution in [0.5, 0.6) is 5.75 Å². The Balaban J connectivity index is 2.36. The maximum Gasteiger partial charge on any atom is 0.126 e. The molecule has 20 heavy (non-hydrogen) atoms. The molecule has 1 heterocycles. The van der Waals surface area contributed by atoms with Crippen LogP contribution in [-0.4, -0.2) is 12.2 Å². The molecule has 0 spiro atoms. The van der Waals surface area contributed by atoms with Crippen molar-refractivity contribution in [3.8, 4) is 5.75 Å². The highest BCUT2D eigenvalue weighted by atomic mass is 79.9. The van der Waals surface area contributed by atoms with Crippen LogP contribution in [0.3, 0.4) is 0 Å². The molecule has 1 unspecified atom stereocenters. The second-order valence-corrected chi connectivity index (χ2v) is 7.77. The minimum atomic E-state index is -0.654. The first-order valence-electron chi connectivity index (χ1n) is 6.44. The standard InChI is InChI=1S/C16H19BrO2S/c1-16(2,3)14-8-7-13(20-14)15(18)11-6-5-10(17)9-12(11)19-4/h5-9,15,18H,1-4H3. The Hall–Kier alpha value is -0.840. The van der Waals surface area contributed by atoms with E-state index in [1.165, 1.54) is 4.88 Å². The molecule has 2 aromatic rings. The van der Waals surface area contributed by atoms with E-state index in [1.54, 1.807) is 18.4 Å². The highest BCUT2D eigenvalue weighted by molar-refractivity contribution is 9.10. The fraction of sp³-hybridized carbons (Fsp3) is 0.375. The predicted octanol–water partition coefficient (Wildman–Crippen LogP) is 4.90. The van der Waals surface area contributed by atoms with Crippen molar-refractivity contribution < 1.29 is 9.84 Å². The number of rotatable bonds is 3. The summed E-state index contributed by atoms with van der Waals surface area (Å²) in [6, 6.07) is 9.77. The molecule has 0 saturated heterocycles. The number of benzene rings is 1. The molecule has 0 aliphatic carbocycles. The van der Waals surface area contributed by atoms with Crippen LogP contribution in [0, 0.1) is 0 Å². The minimum Gasteiger partial charge on any atom is -0.496 e. The van der Waals surface area contributed by atoms with Crippen LogP contribution in [-0.2, 0) is 5.41 Å². The van der Waals surface area contributed by atoms with Crippen LogP contribution in [0.2, 0.25) is 0 Å². The molecule has 2 nitrogen and oxygen atoms in total. The lowest BCUT2D eigenvalue weighted by Gasteiger charge is -2.16. The van der Waals surface area contributed by atoms with Gasteiger partial charge in [-0.25, -0.2) is 0 Å². The van der Waals surface area contributed by atoms with E-state index < -0.39 is 6.10 Å². The van der Waals surface area contributed by atoms with Gasteiger partial charge in [0.1, 0.15) is 11.9 Å². The smallest absolute Gasteiger partial charge is 0.126 e. The Kier molecular flexibility index (Phi) is 4.57. The molecule has 2 rings (SSSR count). The van der Waals surface area contributed by atoms with Gasteiger partial charge in [-0.2, -0.15) is 0 Å². The molecule has 0 aliphatic rings. The Bertz CT molecular complexity index is 599. The third-order valence-corrected chi connectivity index (χ3v) is 5.18. The predicted molar refractivity (Wildman–Crippen MR) is 87.8 cm³/mol. The zero-order valence-corrected chi connectivity index (χ0v) is 14.5. The van der Waals surface area contributed by atoms with Crippen LogP contribution in [0.15, 0.2) is 34.8 Å². The van der Waals surface area contributed by atoms with Crippen LogP contribution in [0.4, 0.5) is 0 Å². The fourth-order valence-electron chi connectivity index (χ4n) is 1.97. The van der Waals surface area contributed by atoms with Gasteiger partial charge in [0.05, 0.1) is 7.11 Å². The second kappa shape index (κ2) is 5.88. The molecule has 4 heteroatoms. The van der Waals surface area contributed by atoms with Gasteiger partial charge in [0.25, 0.3) is 0 Å². The Morgan fingerprint density at radius 2 is 1.90 bits per heavy atom. The van der Waals surface area contributed by atoms with Crippen LogP contribution >= 0.6 is 27.3 Å². The summed E-state index contributed by atoms with van der Waals surface area (Å²) >= 11 is 5.06. The first-order valence-corrected chi connectivity index (χ1v) is 8.05.